The first-order chi connectivity index (χ1) is 16.4. The van der Waals surface area contributed by atoms with Crippen molar-refractivity contribution in [2.75, 3.05) is 38.1 Å². The fourth-order valence-electron chi connectivity index (χ4n) is 2.48. The molecular formula is C17H27N3O4S. The largest absolute Gasteiger partial charge is 0.496 e. The van der Waals surface area contributed by atoms with E-state index in [9.17, 15) is 13.2 Å². The van der Waals surface area contributed by atoms with Gasteiger partial charge in [0.15, 0.2) is 9.84 Å². The quantitative estimate of drug-likeness (QED) is 0.690. The molecule has 0 radical (unpaired) electrons. The van der Waals surface area contributed by atoms with Gasteiger partial charge in [-0.2, -0.15) is 0 Å². The van der Waals surface area contributed by atoms with E-state index < -0.39 is 70.3 Å². The summed E-state index contributed by atoms with van der Waals surface area (Å²) in [6.45, 7) is -12.5. The van der Waals surface area contributed by atoms with E-state index in [1.54, 1.807) is 0 Å². The molecule has 1 fully saturated rings. The Hall–Kier alpha value is -1.80. The Morgan fingerprint density at radius 3 is 3.00 bits per heavy atom. The van der Waals surface area contributed by atoms with Gasteiger partial charge in [-0.15, -0.1) is 0 Å². The van der Waals surface area contributed by atoms with Crippen molar-refractivity contribution in [2.45, 2.75) is 37.5 Å². The highest BCUT2D eigenvalue weighted by molar-refractivity contribution is 7.91. The van der Waals surface area contributed by atoms with Gasteiger partial charge in [-0.3, -0.25) is 9.69 Å². The summed E-state index contributed by atoms with van der Waals surface area (Å²) in [5.41, 5.74) is 0.651. The van der Waals surface area contributed by atoms with Crippen molar-refractivity contribution in [3.8, 4) is 5.75 Å². The minimum absolute atomic E-state index is 0.0137. The number of carbonyl (C=O) groups is 1. The molecule has 7 nitrogen and oxygen atoms in total. The molecule has 1 atom stereocenters. The highest BCUT2D eigenvalue weighted by atomic mass is 32.2. The molecule has 1 aliphatic heterocycles. The fourth-order valence-corrected chi connectivity index (χ4v) is 3.23. The molecule has 1 aromatic rings. The van der Waals surface area contributed by atoms with E-state index in [1.807, 2.05) is 5.32 Å². The molecule has 8 heteroatoms. The highest BCUT2D eigenvalue weighted by Crippen LogP contribution is 2.29. The minimum Gasteiger partial charge on any atom is -0.496 e. The van der Waals surface area contributed by atoms with E-state index in [-0.39, 0.29) is 25.1 Å². The Morgan fingerprint density at radius 2 is 2.32 bits per heavy atom. The average molecular weight is 382 g/mol. The van der Waals surface area contributed by atoms with Crippen LogP contribution in [-0.4, -0.2) is 57.6 Å². The average Bonchev–Trinajstić information content (AvgIpc) is 3.22. The number of methoxy groups -OCH3 is 1. The van der Waals surface area contributed by atoms with E-state index in [2.05, 4.69) is 0 Å². The maximum Gasteiger partial charge on any atom is 0.255 e. The lowest BCUT2D eigenvalue weighted by Gasteiger charge is -2.23. The van der Waals surface area contributed by atoms with Gasteiger partial charge in [0.2, 0.25) is 0 Å². The zero-order valence-electron chi connectivity index (χ0n) is 25.4. The molecule has 140 valence electrons. The summed E-state index contributed by atoms with van der Waals surface area (Å²) in [5, 5.41) is 1.99. The molecule has 1 aliphatic rings. The second-order valence-corrected chi connectivity index (χ2v) is 6.91. The Morgan fingerprint density at radius 1 is 1.52 bits per heavy atom. The molecule has 2 rings (SSSR count). The number of likely N-dealkylation sites (tertiary alicyclic amines) is 1. The molecule has 1 unspecified atom stereocenters. The summed E-state index contributed by atoms with van der Waals surface area (Å²) >= 11 is 0. The van der Waals surface area contributed by atoms with Crippen molar-refractivity contribution in [1.82, 2.24) is 10.2 Å². The number of nitrogens with two attached hydrogens (primary N) is 1. The van der Waals surface area contributed by atoms with Crippen LogP contribution in [0, 0.1) is 0 Å². The first-order valence-electron chi connectivity index (χ1n) is 13.2. The summed E-state index contributed by atoms with van der Waals surface area (Å²) in [6, 6.07) is -0.0196. The number of likely N-dealkylation sites (N-methyl/N-ethyl adjacent to an activating group) is 1. The van der Waals surface area contributed by atoms with Gasteiger partial charge in [0.05, 0.1) is 31.7 Å². The number of hydrogen-bond acceptors (Lipinski definition) is 6. The number of sulfone groups is 1. The number of ether oxygens (including phenoxy) is 1. The molecule has 1 amide bonds. The van der Waals surface area contributed by atoms with E-state index in [0.717, 1.165) is 18.1 Å². The maximum absolute atomic E-state index is 13.1. The van der Waals surface area contributed by atoms with Crippen LogP contribution in [0.25, 0.3) is 0 Å². The zero-order chi connectivity index (χ0) is 29.0. The zero-order valence-corrected chi connectivity index (χ0v) is 14.2. The van der Waals surface area contributed by atoms with Gasteiger partial charge in [0.25, 0.3) is 5.91 Å². The molecule has 1 aromatic carbocycles. The first kappa shape index (κ1) is 8.73. The van der Waals surface area contributed by atoms with Crippen molar-refractivity contribution in [3.05, 3.63) is 17.7 Å². The summed E-state index contributed by atoms with van der Waals surface area (Å²) in [6.07, 6.45) is 0.216. The van der Waals surface area contributed by atoms with Crippen LogP contribution in [-0.2, 0) is 9.84 Å². The Balaban J connectivity index is 2.53. The molecule has 1 saturated heterocycles. The normalized spacial score (nSPS) is 28.1. The van der Waals surface area contributed by atoms with Gasteiger partial charge in [-0.25, -0.2) is 8.42 Å². The SMILES string of the molecule is [2H]C([2H])(NC(=O)c1cc(S(=O)(=O)C([2H])([2H])C([2H])([2H])[2H])c(N)cc1OC)C1CCCN1C([2H])([2H])C([2H])([2H])[2H]. The molecule has 0 aliphatic carbocycles. The van der Waals surface area contributed by atoms with Crippen LogP contribution in [0.1, 0.15) is 53.4 Å². The predicted molar refractivity (Wildman–Crippen MR) is 97.7 cm³/mol. The summed E-state index contributed by atoms with van der Waals surface area (Å²) in [5.74, 6) is -1.63. The third-order valence-electron chi connectivity index (χ3n) is 3.75. The number of anilines is 1. The number of nitrogen functional groups attached to an aromatic ring is 1. The van der Waals surface area contributed by atoms with Crippen molar-refractivity contribution in [1.29, 1.82) is 0 Å². The Labute approximate surface area is 166 Å². The third-order valence-corrected chi connectivity index (χ3v) is 4.95. The summed E-state index contributed by atoms with van der Waals surface area (Å²) in [4.78, 5) is 12.8. The van der Waals surface area contributed by atoms with Crippen molar-refractivity contribution in [3.63, 3.8) is 0 Å². The number of hydrogen-bond donors (Lipinski definition) is 2. The Kier molecular flexibility index (Phi) is 2.81. The summed E-state index contributed by atoms with van der Waals surface area (Å²) in [7, 11) is -4.23. The lowest BCUT2D eigenvalue weighted by molar-refractivity contribution is 0.0938. The second-order valence-electron chi connectivity index (χ2n) is 5.26. The van der Waals surface area contributed by atoms with E-state index in [0.29, 0.717) is 6.07 Å². The number of rotatable bonds is 7. The van der Waals surface area contributed by atoms with Gasteiger partial charge in [0, 0.05) is 32.3 Å². The van der Waals surface area contributed by atoms with Gasteiger partial charge >= 0.3 is 0 Å². The molecule has 1 heterocycles. The lowest BCUT2D eigenvalue weighted by Crippen LogP contribution is -2.40. The van der Waals surface area contributed by atoms with Crippen LogP contribution in [0.5, 0.6) is 5.75 Å². The second kappa shape index (κ2) is 8.05. The maximum atomic E-state index is 13.1. The molecule has 0 bridgehead atoms. The molecule has 3 N–H and O–H groups in total. The van der Waals surface area contributed by atoms with Gasteiger partial charge in [0.1, 0.15) is 5.75 Å². The van der Waals surface area contributed by atoms with Crippen molar-refractivity contribution >= 4 is 21.4 Å². The number of benzene rings is 1. The molecule has 0 aromatic heterocycles. The van der Waals surface area contributed by atoms with Crippen LogP contribution in [0.15, 0.2) is 17.0 Å². The predicted octanol–water partition coefficient (Wildman–Crippen LogP) is 1.29. The van der Waals surface area contributed by atoms with Crippen LogP contribution < -0.4 is 15.8 Å². The molecule has 0 spiro atoms. The van der Waals surface area contributed by atoms with E-state index >= 15 is 0 Å². The molecule has 25 heavy (non-hydrogen) atoms. The topological polar surface area (TPSA) is 102 Å². The highest BCUT2D eigenvalue weighted by Gasteiger charge is 2.25. The van der Waals surface area contributed by atoms with E-state index in [4.69, 9.17) is 26.9 Å². The van der Waals surface area contributed by atoms with Crippen molar-refractivity contribution < 1.29 is 34.4 Å². The minimum atomic E-state index is -5.32. The number of amides is 1. The molecular weight excluding hydrogens is 342 g/mol. The lowest BCUT2D eigenvalue weighted by atomic mass is 10.1. The monoisotopic (exact) mass is 381 g/mol. The van der Waals surface area contributed by atoms with Crippen LogP contribution in [0.2, 0.25) is 0 Å². The van der Waals surface area contributed by atoms with Gasteiger partial charge in [-0.1, -0.05) is 13.7 Å². The van der Waals surface area contributed by atoms with Gasteiger partial charge in [-0.05, 0) is 31.9 Å². The van der Waals surface area contributed by atoms with Crippen molar-refractivity contribution in [2.24, 2.45) is 0 Å². The standard InChI is InChI=1S/C17H27N3O4S/c1-4-20-8-6-7-12(20)11-19-17(21)13-9-16(25(22,23)5-2)14(18)10-15(13)24-3/h9-10,12H,4-8,11,18H2,1-3H3,(H,19,21)/i1D3,2D3,4D2,5D2,11D2. The Bertz CT molecular complexity index is 1150. The number of carbonyl (C=O) groups excluding carboxylic acids is 1. The summed E-state index contributed by atoms with van der Waals surface area (Å²) < 4.78 is 123. The molecule has 0 saturated carbocycles. The van der Waals surface area contributed by atoms with Gasteiger partial charge < -0.3 is 15.8 Å². The number of nitrogens with one attached hydrogen (secondary N) is 1. The first-order valence-corrected chi connectivity index (χ1v) is 8.73. The number of nitrogens with zero attached hydrogens (tertiary/aromatic N) is 1. The third kappa shape index (κ3) is 4.24. The smallest absolute Gasteiger partial charge is 0.255 e. The fraction of sp³-hybridized carbons (Fsp3) is 0.588. The van der Waals surface area contributed by atoms with Crippen LogP contribution in [0.4, 0.5) is 5.69 Å². The van der Waals surface area contributed by atoms with Crippen LogP contribution >= 0.6 is 0 Å². The van der Waals surface area contributed by atoms with Crippen LogP contribution in [0.3, 0.4) is 0 Å². The van der Waals surface area contributed by atoms with E-state index in [1.165, 1.54) is 0 Å².